The number of nitrogens with zero attached hydrogens (tertiary/aromatic N) is 3. The van der Waals surface area contributed by atoms with Crippen molar-refractivity contribution in [3.05, 3.63) is 32.8 Å². The molecular formula is C18H25N3O4S2. The first-order chi connectivity index (χ1) is 12.8. The van der Waals surface area contributed by atoms with Gasteiger partial charge in [-0.2, -0.15) is 4.31 Å². The number of aromatic nitrogens is 1. The van der Waals surface area contributed by atoms with E-state index in [-0.39, 0.29) is 17.3 Å². The molecule has 1 aliphatic rings. The van der Waals surface area contributed by atoms with Crippen molar-refractivity contribution in [3.63, 3.8) is 0 Å². The van der Waals surface area contributed by atoms with Crippen LogP contribution in [0.2, 0.25) is 0 Å². The lowest BCUT2D eigenvalue weighted by molar-refractivity contribution is 0.0769. The molecule has 0 aromatic carbocycles. The van der Waals surface area contributed by atoms with Crippen molar-refractivity contribution in [1.82, 2.24) is 14.4 Å². The van der Waals surface area contributed by atoms with Gasteiger partial charge in [0.1, 0.15) is 10.6 Å². The van der Waals surface area contributed by atoms with Crippen LogP contribution in [-0.4, -0.2) is 54.9 Å². The van der Waals surface area contributed by atoms with Crippen LogP contribution in [0.5, 0.6) is 0 Å². The topological polar surface area (TPSA) is 83.7 Å². The Balaban J connectivity index is 1.76. The summed E-state index contributed by atoms with van der Waals surface area (Å²) in [6.45, 7) is 8.90. The molecule has 1 saturated heterocycles. The summed E-state index contributed by atoms with van der Waals surface area (Å²) < 4.78 is 32.5. The Kier molecular flexibility index (Phi) is 5.73. The maximum Gasteiger partial charge on any atom is 0.263 e. The molecule has 9 heteroatoms. The number of rotatable bonds is 4. The van der Waals surface area contributed by atoms with Crippen molar-refractivity contribution in [3.8, 4) is 0 Å². The van der Waals surface area contributed by atoms with Crippen molar-refractivity contribution < 1.29 is 17.7 Å². The standard InChI is InChI=1S/C18H25N3O4S2/c1-5-15-11-16(26-14(15)4)18(22)20-7-6-8-21(10-9-20)27(23,24)17-12(2)19-25-13(17)3/h11H,5-10H2,1-4H3. The van der Waals surface area contributed by atoms with Crippen molar-refractivity contribution in [2.75, 3.05) is 26.2 Å². The number of hydrogen-bond donors (Lipinski definition) is 0. The van der Waals surface area contributed by atoms with Crippen LogP contribution in [-0.2, 0) is 16.4 Å². The van der Waals surface area contributed by atoms with Crippen molar-refractivity contribution >= 4 is 27.3 Å². The Morgan fingerprint density at radius 3 is 2.56 bits per heavy atom. The maximum absolute atomic E-state index is 13.0. The summed E-state index contributed by atoms with van der Waals surface area (Å²) >= 11 is 1.51. The molecule has 0 aliphatic carbocycles. The summed E-state index contributed by atoms with van der Waals surface area (Å²) in [6, 6.07) is 1.96. The second-order valence-electron chi connectivity index (χ2n) is 6.75. The molecule has 0 unspecified atom stereocenters. The Morgan fingerprint density at radius 1 is 1.22 bits per heavy atom. The van der Waals surface area contributed by atoms with Gasteiger partial charge < -0.3 is 9.42 Å². The first-order valence-electron chi connectivity index (χ1n) is 9.07. The predicted molar refractivity (Wildman–Crippen MR) is 104 cm³/mol. The first-order valence-corrected chi connectivity index (χ1v) is 11.3. The van der Waals surface area contributed by atoms with Crippen molar-refractivity contribution in [2.24, 2.45) is 0 Å². The molecule has 0 radical (unpaired) electrons. The molecule has 0 atom stereocenters. The van der Waals surface area contributed by atoms with Gasteiger partial charge in [0.05, 0.1) is 4.88 Å². The summed E-state index contributed by atoms with van der Waals surface area (Å²) in [4.78, 5) is 16.7. The molecule has 3 rings (SSSR count). The molecule has 1 amide bonds. The van der Waals surface area contributed by atoms with Gasteiger partial charge in [0, 0.05) is 31.1 Å². The zero-order chi connectivity index (χ0) is 19.8. The van der Waals surface area contributed by atoms with Gasteiger partial charge in [-0.25, -0.2) is 8.42 Å². The van der Waals surface area contributed by atoms with Gasteiger partial charge in [0.25, 0.3) is 5.91 Å². The van der Waals surface area contributed by atoms with E-state index in [0.717, 1.165) is 11.3 Å². The van der Waals surface area contributed by atoms with Gasteiger partial charge >= 0.3 is 0 Å². The molecule has 7 nitrogen and oxygen atoms in total. The number of sulfonamides is 1. The molecule has 2 aromatic heterocycles. The molecule has 0 N–H and O–H groups in total. The summed E-state index contributed by atoms with van der Waals surface area (Å²) in [5.74, 6) is 0.283. The van der Waals surface area contributed by atoms with Gasteiger partial charge in [-0.3, -0.25) is 4.79 Å². The minimum Gasteiger partial charge on any atom is -0.360 e. The van der Waals surface area contributed by atoms with Crippen LogP contribution in [0.4, 0.5) is 0 Å². The van der Waals surface area contributed by atoms with Crippen LogP contribution >= 0.6 is 11.3 Å². The molecule has 1 aliphatic heterocycles. The van der Waals surface area contributed by atoms with E-state index in [0.29, 0.717) is 37.5 Å². The molecular weight excluding hydrogens is 386 g/mol. The monoisotopic (exact) mass is 411 g/mol. The Labute approximate surface area is 164 Å². The normalized spacial score (nSPS) is 16.5. The van der Waals surface area contributed by atoms with E-state index in [1.807, 2.05) is 13.0 Å². The Hall–Kier alpha value is -1.71. The number of amides is 1. The summed E-state index contributed by atoms with van der Waals surface area (Å²) in [5.41, 5.74) is 1.56. The molecule has 3 heterocycles. The van der Waals surface area contributed by atoms with E-state index in [1.54, 1.807) is 18.7 Å². The van der Waals surface area contributed by atoms with Crippen molar-refractivity contribution in [2.45, 2.75) is 45.4 Å². The third kappa shape index (κ3) is 3.81. The maximum atomic E-state index is 13.0. The number of carbonyl (C=O) groups is 1. The fraction of sp³-hybridized carbons (Fsp3) is 0.556. The number of carbonyl (C=O) groups excluding carboxylic acids is 1. The highest BCUT2D eigenvalue weighted by Crippen LogP contribution is 2.26. The van der Waals surface area contributed by atoms with Crippen LogP contribution < -0.4 is 0 Å². The number of thiophene rings is 1. The molecule has 1 fully saturated rings. The molecule has 0 bridgehead atoms. The summed E-state index contributed by atoms with van der Waals surface area (Å²) in [5, 5.41) is 3.76. The minimum absolute atomic E-state index is 0.0145. The van der Waals surface area contributed by atoms with E-state index in [9.17, 15) is 13.2 Å². The highest BCUT2D eigenvalue weighted by molar-refractivity contribution is 7.89. The number of hydrogen-bond acceptors (Lipinski definition) is 6. The molecule has 2 aromatic rings. The van der Waals surface area contributed by atoms with Gasteiger partial charge in [-0.15, -0.1) is 11.3 Å². The average Bonchev–Trinajstić information content (AvgIpc) is 3.05. The van der Waals surface area contributed by atoms with Crippen LogP contribution in [0.3, 0.4) is 0 Å². The Morgan fingerprint density at radius 2 is 1.96 bits per heavy atom. The fourth-order valence-corrected chi connectivity index (χ4v) is 6.28. The van der Waals surface area contributed by atoms with Gasteiger partial charge in [0.15, 0.2) is 5.76 Å². The summed E-state index contributed by atoms with van der Waals surface area (Å²) in [6.07, 6.45) is 1.50. The lowest BCUT2D eigenvalue weighted by atomic mass is 10.2. The third-order valence-electron chi connectivity index (χ3n) is 4.92. The lowest BCUT2D eigenvalue weighted by Crippen LogP contribution is -2.37. The average molecular weight is 412 g/mol. The molecule has 27 heavy (non-hydrogen) atoms. The fourth-order valence-electron chi connectivity index (χ4n) is 3.44. The largest absolute Gasteiger partial charge is 0.360 e. The van der Waals surface area contributed by atoms with Crippen LogP contribution in [0.25, 0.3) is 0 Å². The van der Waals surface area contributed by atoms with Crippen LogP contribution in [0.1, 0.15) is 44.9 Å². The van der Waals surface area contributed by atoms with Crippen LogP contribution in [0, 0.1) is 20.8 Å². The third-order valence-corrected chi connectivity index (χ3v) is 8.14. The van der Waals surface area contributed by atoms with Crippen LogP contribution in [0.15, 0.2) is 15.5 Å². The SMILES string of the molecule is CCc1cc(C(=O)N2CCCN(S(=O)(=O)c3c(C)noc3C)CC2)sc1C. The molecule has 0 saturated carbocycles. The second-order valence-corrected chi connectivity index (χ2v) is 9.88. The van der Waals surface area contributed by atoms with E-state index in [1.165, 1.54) is 26.1 Å². The lowest BCUT2D eigenvalue weighted by Gasteiger charge is -2.21. The van der Waals surface area contributed by atoms with Gasteiger partial charge in [0.2, 0.25) is 10.0 Å². The molecule has 0 spiro atoms. The first kappa shape index (κ1) is 20.0. The van der Waals surface area contributed by atoms with Gasteiger partial charge in [-0.1, -0.05) is 12.1 Å². The van der Waals surface area contributed by atoms with E-state index in [4.69, 9.17) is 4.52 Å². The zero-order valence-electron chi connectivity index (χ0n) is 16.1. The van der Waals surface area contributed by atoms with Gasteiger partial charge in [-0.05, 0) is 45.2 Å². The summed E-state index contributed by atoms with van der Waals surface area (Å²) in [7, 11) is -3.68. The smallest absolute Gasteiger partial charge is 0.263 e. The highest BCUT2D eigenvalue weighted by Gasteiger charge is 2.33. The highest BCUT2D eigenvalue weighted by atomic mass is 32.2. The number of aryl methyl sites for hydroxylation is 4. The van der Waals surface area contributed by atoms with Crippen molar-refractivity contribution in [1.29, 1.82) is 0 Å². The minimum atomic E-state index is -3.68. The quantitative estimate of drug-likeness (QED) is 0.772. The Bertz CT molecular complexity index is 926. The zero-order valence-corrected chi connectivity index (χ0v) is 17.7. The second kappa shape index (κ2) is 7.73. The molecule has 148 valence electrons. The predicted octanol–water partition coefficient (Wildman–Crippen LogP) is 2.76. The van der Waals surface area contributed by atoms with E-state index >= 15 is 0 Å². The van der Waals surface area contributed by atoms with E-state index in [2.05, 4.69) is 12.1 Å². The van der Waals surface area contributed by atoms with E-state index < -0.39 is 10.0 Å².